The molecule has 0 bridgehead atoms. The van der Waals surface area contributed by atoms with Crippen LogP contribution >= 0.6 is 0 Å². The van der Waals surface area contributed by atoms with Crippen LogP contribution in [-0.4, -0.2) is 24.0 Å². The van der Waals surface area contributed by atoms with Crippen LogP contribution < -0.4 is 16.4 Å². The lowest BCUT2D eigenvalue weighted by Gasteiger charge is -2.07. The predicted octanol–water partition coefficient (Wildman–Crippen LogP) is 2.74. The lowest BCUT2D eigenvalue weighted by atomic mass is 10.2. The van der Waals surface area contributed by atoms with Gasteiger partial charge in [0, 0.05) is 30.1 Å². The second kappa shape index (κ2) is 7.79. The minimum absolute atomic E-state index is 0.0696. The Bertz CT molecular complexity index is 698. The monoisotopic (exact) mass is 313 g/mol. The molecule has 0 heterocycles. The average Bonchev–Trinajstić information content (AvgIpc) is 2.52. The molecule has 0 spiro atoms. The van der Waals surface area contributed by atoms with Gasteiger partial charge in [0.1, 0.15) is 0 Å². The highest BCUT2D eigenvalue weighted by atomic mass is 16.6. The number of nitro groups is 1. The summed E-state index contributed by atoms with van der Waals surface area (Å²) in [6, 6.07) is 14.1. The van der Waals surface area contributed by atoms with Gasteiger partial charge in [-0.05, 0) is 36.8 Å². The van der Waals surface area contributed by atoms with E-state index < -0.39 is 4.92 Å². The smallest absolute Gasteiger partial charge is 0.269 e. The molecule has 0 aliphatic rings. The fourth-order valence-electron chi connectivity index (χ4n) is 1.99. The maximum Gasteiger partial charge on any atom is 0.269 e. The first-order valence-electron chi connectivity index (χ1n) is 7.16. The van der Waals surface area contributed by atoms with Gasteiger partial charge in [-0.2, -0.15) is 0 Å². The van der Waals surface area contributed by atoms with Crippen molar-refractivity contribution in [1.82, 2.24) is 0 Å². The number of rotatable bonds is 6. The quantitative estimate of drug-likeness (QED) is 0.250. The summed E-state index contributed by atoms with van der Waals surface area (Å²) < 4.78 is 0. The van der Waals surface area contributed by atoms with Crippen molar-refractivity contribution in [3.8, 4) is 0 Å². The molecule has 0 saturated carbocycles. The Balaban J connectivity index is 1.78. The predicted molar refractivity (Wildman–Crippen MR) is 92.9 cm³/mol. The molecule has 7 heteroatoms. The molecular formula is C16H19N5O2. The van der Waals surface area contributed by atoms with Gasteiger partial charge in [0.25, 0.3) is 5.69 Å². The second-order valence-electron chi connectivity index (χ2n) is 4.99. The molecule has 0 aliphatic heterocycles. The van der Waals surface area contributed by atoms with Crippen LogP contribution in [0, 0.1) is 17.0 Å². The summed E-state index contributed by atoms with van der Waals surface area (Å²) in [7, 11) is 0. The standard InChI is InChI=1S/C16H19N5O2/c1-12-3-2-4-14(11-12)20-16(17)19-10-9-18-13-5-7-15(8-6-13)21(22)23/h2-8,11,18H,9-10H2,1H3,(H3,17,19,20). The molecule has 120 valence electrons. The van der Waals surface area contributed by atoms with Crippen LogP contribution in [0.5, 0.6) is 0 Å². The van der Waals surface area contributed by atoms with Crippen LogP contribution in [0.1, 0.15) is 5.56 Å². The van der Waals surface area contributed by atoms with Crippen molar-refractivity contribution in [2.24, 2.45) is 10.7 Å². The minimum Gasteiger partial charge on any atom is -0.383 e. The van der Waals surface area contributed by atoms with E-state index in [9.17, 15) is 10.1 Å². The van der Waals surface area contributed by atoms with Crippen molar-refractivity contribution in [3.05, 3.63) is 64.2 Å². The van der Waals surface area contributed by atoms with E-state index in [4.69, 9.17) is 5.73 Å². The maximum atomic E-state index is 10.6. The molecule has 0 saturated heterocycles. The molecular weight excluding hydrogens is 294 g/mol. The van der Waals surface area contributed by atoms with Gasteiger partial charge in [-0.25, -0.2) is 0 Å². The second-order valence-corrected chi connectivity index (χ2v) is 4.99. The zero-order valence-corrected chi connectivity index (χ0v) is 12.8. The summed E-state index contributed by atoms with van der Waals surface area (Å²) in [5.74, 6) is 0.348. The number of guanidine groups is 1. The summed E-state index contributed by atoms with van der Waals surface area (Å²) in [5.41, 5.74) is 8.74. The molecule has 7 nitrogen and oxygen atoms in total. The van der Waals surface area contributed by atoms with E-state index in [-0.39, 0.29) is 5.69 Å². The van der Waals surface area contributed by atoms with E-state index in [0.717, 1.165) is 16.9 Å². The van der Waals surface area contributed by atoms with E-state index in [1.165, 1.54) is 12.1 Å². The number of hydrogen-bond donors (Lipinski definition) is 3. The van der Waals surface area contributed by atoms with E-state index in [1.54, 1.807) is 12.1 Å². The van der Waals surface area contributed by atoms with Gasteiger partial charge in [0.15, 0.2) is 5.96 Å². The fourth-order valence-corrected chi connectivity index (χ4v) is 1.99. The summed E-state index contributed by atoms with van der Waals surface area (Å²) in [6.07, 6.45) is 0. The van der Waals surface area contributed by atoms with Gasteiger partial charge in [0.05, 0.1) is 11.5 Å². The van der Waals surface area contributed by atoms with Gasteiger partial charge in [-0.15, -0.1) is 0 Å². The largest absolute Gasteiger partial charge is 0.383 e. The van der Waals surface area contributed by atoms with E-state index in [2.05, 4.69) is 15.6 Å². The molecule has 0 aliphatic carbocycles. The number of nitro benzene ring substituents is 1. The molecule has 4 N–H and O–H groups in total. The third-order valence-corrected chi connectivity index (χ3v) is 3.09. The van der Waals surface area contributed by atoms with Crippen LogP contribution in [0.3, 0.4) is 0 Å². The maximum absolute atomic E-state index is 10.6. The molecule has 0 unspecified atom stereocenters. The Morgan fingerprint density at radius 2 is 1.96 bits per heavy atom. The normalized spacial score (nSPS) is 11.1. The van der Waals surface area contributed by atoms with Crippen molar-refractivity contribution in [3.63, 3.8) is 0 Å². The van der Waals surface area contributed by atoms with Gasteiger partial charge in [-0.3, -0.25) is 15.1 Å². The van der Waals surface area contributed by atoms with Crippen LogP contribution in [0.25, 0.3) is 0 Å². The molecule has 0 aromatic heterocycles. The van der Waals surface area contributed by atoms with Gasteiger partial charge in [-0.1, -0.05) is 12.1 Å². The number of anilines is 2. The summed E-state index contributed by atoms with van der Waals surface area (Å²) in [5, 5.41) is 16.7. The number of aryl methyl sites for hydroxylation is 1. The van der Waals surface area contributed by atoms with Crippen molar-refractivity contribution >= 4 is 23.0 Å². The Labute approximate surface area is 134 Å². The Hall–Kier alpha value is -3.09. The number of aliphatic imine (C=N–C) groups is 1. The van der Waals surface area contributed by atoms with E-state index in [1.807, 2.05) is 31.2 Å². The number of nitrogens with two attached hydrogens (primary N) is 1. The van der Waals surface area contributed by atoms with Crippen LogP contribution in [-0.2, 0) is 0 Å². The van der Waals surface area contributed by atoms with Gasteiger partial charge < -0.3 is 16.4 Å². The molecule has 2 aromatic rings. The zero-order valence-electron chi connectivity index (χ0n) is 12.8. The Morgan fingerprint density at radius 1 is 1.22 bits per heavy atom. The average molecular weight is 313 g/mol. The van der Waals surface area contributed by atoms with E-state index in [0.29, 0.717) is 19.0 Å². The fraction of sp³-hybridized carbons (Fsp3) is 0.188. The third kappa shape index (κ3) is 5.31. The number of benzene rings is 2. The first-order chi connectivity index (χ1) is 11.0. The van der Waals surface area contributed by atoms with Crippen molar-refractivity contribution in [2.75, 3.05) is 23.7 Å². The highest BCUT2D eigenvalue weighted by Gasteiger charge is 2.03. The van der Waals surface area contributed by atoms with Gasteiger partial charge in [0.2, 0.25) is 0 Å². The van der Waals surface area contributed by atoms with Crippen molar-refractivity contribution in [2.45, 2.75) is 6.92 Å². The van der Waals surface area contributed by atoms with Crippen LogP contribution in [0.2, 0.25) is 0 Å². The number of non-ortho nitro benzene ring substituents is 1. The first-order valence-corrected chi connectivity index (χ1v) is 7.16. The number of nitrogens with one attached hydrogen (secondary N) is 2. The van der Waals surface area contributed by atoms with E-state index >= 15 is 0 Å². The molecule has 0 radical (unpaired) electrons. The van der Waals surface area contributed by atoms with Crippen LogP contribution in [0.4, 0.5) is 17.1 Å². The lowest BCUT2D eigenvalue weighted by molar-refractivity contribution is -0.384. The lowest BCUT2D eigenvalue weighted by Crippen LogP contribution is -2.23. The Morgan fingerprint density at radius 3 is 2.61 bits per heavy atom. The molecule has 23 heavy (non-hydrogen) atoms. The Kier molecular flexibility index (Phi) is 5.51. The molecule has 0 fully saturated rings. The molecule has 0 atom stereocenters. The van der Waals surface area contributed by atoms with Crippen LogP contribution in [0.15, 0.2) is 53.5 Å². The highest BCUT2D eigenvalue weighted by Crippen LogP contribution is 2.15. The summed E-state index contributed by atoms with van der Waals surface area (Å²) >= 11 is 0. The third-order valence-electron chi connectivity index (χ3n) is 3.09. The summed E-state index contributed by atoms with van der Waals surface area (Å²) in [4.78, 5) is 14.4. The first kappa shape index (κ1) is 16.3. The van der Waals surface area contributed by atoms with Crippen molar-refractivity contribution < 1.29 is 4.92 Å². The van der Waals surface area contributed by atoms with Gasteiger partial charge >= 0.3 is 0 Å². The SMILES string of the molecule is Cc1cccc(NC(N)=NCCNc2ccc([N+](=O)[O-])cc2)c1. The highest BCUT2D eigenvalue weighted by molar-refractivity contribution is 5.92. The molecule has 0 amide bonds. The van der Waals surface area contributed by atoms with Crippen molar-refractivity contribution in [1.29, 1.82) is 0 Å². The minimum atomic E-state index is -0.425. The topological polar surface area (TPSA) is 106 Å². The molecule has 2 rings (SSSR count). The molecule has 2 aromatic carbocycles. The summed E-state index contributed by atoms with van der Waals surface area (Å²) in [6.45, 7) is 3.07. The number of nitrogens with zero attached hydrogens (tertiary/aromatic N) is 2. The number of hydrogen-bond acceptors (Lipinski definition) is 4. The zero-order chi connectivity index (χ0) is 16.7.